The first-order valence-electron chi connectivity index (χ1n) is 12.5. The summed E-state index contributed by atoms with van der Waals surface area (Å²) in [6.45, 7) is 6.82. The van der Waals surface area contributed by atoms with Crippen LogP contribution >= 0.6 is 0 Å². The van der Waals surface area contributed by atoms with Gasteiger partial charge in [-0.05, 0) is 56.8 Å². The van der Waals surface area contributed by atoms with Crippen LogP contribution in [0.15, 0.2) is 46.3 Å². The normalized spacial score (nSPS) is 14.0. The molecule has 1 saturated heterocycles. The van der Waals surface area contributed by atoms with Crippen molar-refractivity contribution >= 4 is 29.2 Å². The van der Waals surface area contributed by atoms with Gasteiger partial charge in [-0.25, -0.2) is 9.59 Å². The average molecular weight is 514 g/mol. The Hall–Kier alpha value is -3.68. The summed E-state index contributed by atoms with van der Waals surface area (Å²) in [7, 11) is 2.12. The Morgan fingerprint density at radius 1 is 1.05 bits per heavy atom. The number of rotatable bonds is 12. The number of benzene rings is 1. The molecule has 0 unspecified atom stereocenters. The van der Waals surface area contributed by atoms with E-state index in [2.05, 4.69) is 42.4 Å². The summed E-state index contributed by atoms with van der Waals surface area (Å²) in [5.41, 5.74) is 17.7. The third kappa shape index (κ3) is 9.37. The minimum Gasteiger partial charge on any atom is -0.370 e. The molecule has 2 heterocycles. The van der Waals surface area contributed by atoms with Gasteiger partial charge in [0.15, 0.2) is 5.96 Å². The smallest absolute Gasteiger partial charge is 0.350 e. The van der Waals surface area contributed by atoms with Crippen LogP contribution in [-0.4, -0.2) is 90.7 Å². The van der Waals surface area contributed by atoms with Crippen LogP contribution in [0.3, 0.4) is 0 Å². The maximum Gasteiger partial charge on any atom is 0.350 e. The molecule has 1 aromatic heterocycles. The lowest BCUT2D eigenvalue weighted by molar-refractivity contribution is 0.211. The zero-order valence-corrected chi connectivity index (χ0v) is 21.5. The number of nitrogens with two attached hydrogens (primary N) is 3. The van der Waals surface area contributed by atoms with Gasteiger partial charge in [-0.15, -0.1) is 0 Å². The number of hydrogen-bond acceptors (Lipinski definition) is 8. The van der Waals surface area contributed by atoms with Crippen molar-refractivity contribution in [2.75, 3.05) is 74.9 Å². The number of hydrogen-bond donors (Lipinski definition) is 5. The largest absolute Gasteiger partial charge is 0.370 e. The predicted molar refractivity (Wildman–Crippen MR) is 148 cm³/mol. The second kappa shape index (κ2) is 14.2. The van der Waals surface area contributed by atoms with Crippen LogP contribution in [0.1, 0.15) is 12.8 Å². The van der Waals surface area contributed by atoms with E-state index in [9.17, 15) is 9.59 Å². The van der Waals surface area contributed by atoms with E-state index in [1.54, 1.807) is 12.3 Å². The monoisotopic (exact) mass is 513 g/mol. The van der Waals surface area contributed by atoms with Crippen molar-refractivity contribution in [2.24, 2.45) is 22.2 Å². The van der Waals surface area contributed by atoms with Gasteiger partial charge in [0.25, 0.3) is 0 Å². The molecule has 202 valence electrons. The van der Waals surface area contributed by atoms with Gasteiger partial charge in [0.05, 0.1) is 6.67 Å². The Kier molecular flexibility index (Phi) is 10.7. The highest BCUT2D eigenvalue weighted by Gasteiger charge is 2.14. The number of urea groups is 1. The minimum atomic E-state index is -0.471. The predicted octanol–water partition coefficient (Wildman–Crippen LogP) is -0.0891. The zero-order valence-electron chi connectivity index (χ0n) is 21.5. The van der Waals surface area contributed by atoms with E-state index >= 15 is 0 Å². The summed E-state index contributed by atoms with van der Waals surface area (Å²) in [6.07, 6.45) is 3.14. The number of nitrogens with zero attached hydrogens (tertiary/aromatic N) is 6. The van der Waals surface area contributed by atoms with E-state index in [0.717, 1.165) is 51.3 Å². The number of amides is 2. The maximum absolute atomic E-state index is 12.6. The first-order valence-corrected chi connectivity index (χ1v) is 12.5. The van der Waals surface area contributed by atoms with Crippen molar-refractivity contribution in [1.82, 2.24) is 19.4 Å². The summed E-state index contributed by atoms with van der Waals surface area (Å²) < 4.78 is 1.48. The standard InChI is InChI=1S/C24H39N11O2/c1-32-14-16-34(17-15-32)20-6-4-19(5-7-20)29-23(36)30-21-8-13-35(24(37)31-21)18-33(11-2-9-25)12-3-10-28-22(26)27/h4-8,13H,2-3,9-12,14-18,25H2,1H3,(H4,26,27,28)(H2,29,30,31,36,37). The molecule has 1 aliphatic rings. The number of aromatic nitrogens is 2. The van der Waals surface area contributed by atoms with Crippen LogP contribution < -0.4 is 38.4 Å². The summed E-state index contributed by atoms with van der Waals surface area (Å²) in [6, 6.07) is 8.84. The molecule has 1 fully saturated rings. The molecule has 2 aromatic rings. The molecule has 2 amide bonds. The molecule has 0 atom stereocenters. The van der Waals surface area contributed by atoms with Crippen molar-refractivity contribution in [3.05, 3.63) is 47.0 Å². The molecule has 8 N–H and O–H groups in total. The van der Waals surface area contributed by atoms with Gasteiger partial charge in [0.1, 0.15) is 5.82 Å². The highest BCUT2D eigenvalue weighted by molar-refractivity contribution is 5.99. The maximum atomic E-state index is 12.6. The van der Waals surface area contributed by atoms with Gasteiger partial charge in [0, 0.05) is 63.4 Å². The molecule has 3 rings (SSSR count). The van der Waals surface area contributed by atoms with Crippen LogP contribution in [-0.2, 0) is 6.67 Å². The van der Waals surface area contributed by atoms with Gasteiger partial charge >= 0.3 is 11.7 Å². The van der Waals surface area contributed by atoms with Gasteiger partial charge < -0.3 is 32.3 Å². The Morgan fingerprint density at radius 2 is 1.76 bits per heavy atom. The van der Waals surface area contributed by atoms with Crippen LogP contribution in [0.25, 0.3) is 0 Å². The summed E-state index contributed by atoms with van der Waals surface area (Å²) in [5.74, 6) is 0.234. The van der Waals surface area contributed by atoms with E-state index < -0.39 is 11.7 Å². The number of piperazine rings is 1. The molecule has 0 aliphatic carbocycles. The molecule has 37 heavy (non-hydrogen) atoms. The lowest BCUT2D eigenvalue weighted by Crippen LogP contribution is -2.44. The lowest BCUT2D eigenvalue weighted by atomic mass is 10.2. The fourth-order valence-electron chi connectivity index (χ4n) is 3.99. The number of aliphatic imine (C=N–C) groups is 1. The fraction of sp³-hybridized carbons (Fsp3) is 0.500. The molecular weight excluding hydrogens is 474 g/mol. The quantitative estimate of drug-likeness (QED) is 0.147. The van der Waals surface area contributed by atoms with E-state index in [1.165, 1.54) is 4.57 Å². The van der Waals surface area contributed by atoms with Gasteiger partial charge in [0.2, 0.25) is 0 Å². The van der Waals surface area contributed by atoms with Crippen molar-refractivity contribution in [3.8, 4) is 0 Å². The Morgan fingerprint density at radius 3 is 2.41 bits per heavy atom. The zero-order chi connectivity index (χ0) is 26.6. The Balaban J connectivity index is 1.52. The average Bonchev–Trinajstić information content (AvgIpc) is 2.87. The molecule has 1 aliphatic heterocycles. The Labute approximate surface area is 217 Å². The van der Waals surface area contributed by atoms with E-state index in [-0.39, 0.29) is 11.8 Å². The summed E-state index contributed by atoms with van der Waals surface area (Å²) in [5, 5.41) is 5.40. The summed E-state index contributed by atoms with van der Waals surface area (Å²) >= 11 is 0. The molecule has 1 aromatic carbocycles. The first kappa shape index (κ1) is 27.9. The third-order valence-electron chi connectivity index (χ3n) is 6.07. The van der Waals surface area contributed by atoms with Crippen LogP contribution in [0.4, 0.5) is 22.0 Å². The van der Waals surface area contributed by atoms with Crippen molar-refractivity contribution in [1.29, 1.82) is 0 Å². The number of guanidine groups is 1. The highest BCUT2D eigenvalue weighted by atomic mass is 16.2. The van der Waals surface area contributed by atoms with Crippen LogP contribution in [0.5, 0.6) is 0 Å². The molecule has 13 heteroatoms. The first-order chi connectivity index (χ1) is 17.8. The van der Waals surface area contributed by atoms with E-state index in [1.807, 2.05) is 24.3 Å². The number of anilines is 3. The second-order valence-corrected chi connectivity index (χ2v) is 9.04. The molecule has 0 radical (unpaired) electrons. The molecule has 0 spiro atoms. The van der Waals surface area contributed by atoms with Crippen molar-refractivity contribution in [3.63, 3.8) is 0 Å². The Bertz CT molecular complexity index is 1070. The fourth-order valence-corrected chi connectivity index (χ4v) is 3.99. The molecular formula is C24H39N11O2. The van der Waals surface area contributed by atoms with Crippen molar-refractivity contribution < 1.29 is 4.79 Å². The van der Waals surface area contributed by atoms with Crippen molar-refractivity contribution in [2.45, 2.75) is 19.5 Å². The topological polar surface area (TPSA) is 176 Å². The molecule has 0 saturated carbocycles. The molecule has 0 bridgehead atoms. The number of likely N-dealkylation sites (N-methyl/N-ethyl adjacent to an activating group) is 1. The SMILES string of the molecule is CN1CCN(c2ccc(NC(=O)Nc3ccn(CN(CCCN)CCCN=C(N)N)c(=O)n3)cc2)CC1. The summed E-state index contributed by atoms with van der Waals surface area (Å²) in [4.78, 5) is 39.7. The third-order valence-corrected chi connectivity index (χ3v) is 6.07. The number of carbonyl (C=O) groups excluding carboxylic acids is 1. The van der Waals surface area contributed by atoms with E-state index in [4.69, 9.17) is 17.2 Å². The van der Waals surface area contributed by atoms with Gasteiger partial charge in [-0.1, -0.05) is 0 Å². The highest BCUT2D eigenvalue weighted by Crippen LogP contribution is 2.19. The molecule has 13 nitrogen and oxygen atoms in total. The van der Waals surface area contributed by atoms with E-state index in [0.29, 0.717) is 32.0 Å². The lowest BCUT2D eigenvalue weighted by Gasteiger charge is -2.34. The number of nitrogens with one attached hydrogen (secondary N) is 2. The van der Waals surface area contributed by atoms with Gasteiger partial charge in [-0.2, -0.15) is 4.98 Å². The van der Waals surface area contributed by atoms with Crippen LogP contribution in [0.2, 0.25) is 0 Å². The second-order valence-electron chi connectivity index (χ2n) is 9.04. The minimum absolute atomic E-state index is 0.0590. The number of carbonyl (C=O) groups is 1. The van der Waals surface area contributed by atoms with Crippen LogP contribution in [0, 0.1) is 0 Å². The van der Waals surface area contributed by atoms with Gasteiger partial charge in [-0.3, -0.25) is 19.8 Å².